The molecule has 0 spiro atoms. The second kappa shape index (κ2) is 15.4. The Labute approximate surface area is 404 Å². The molecule has 3 heterocycles. The van der Waals surface area contributed by atoms with Gasteiger partial charge in [0, 0.05) is 50.5 Å². The van der Waals surface area contributed by atoms with Crippen LogP contribution < -0.4 is 26.2 Å². The van der Waals surface area contributed by atoms with E-state index in [1.54, 1.807) is 0 Å². The van der Waals surface area contributed by atoms with Gasteiger partial charge in [-0.15, -0.1) is 0 Å². The van der Waals surface area contributed by atoms with Gasteiger partial charge in [0.2, 0.25) is 0 Å². The Morgan fingerprint density at radius 2 is 0.853 bits per heavy atom. The lowest BCUT2D eigenvalue weighted by Gasteiger charge is -2.45. The van der Waals surface area contributed by atoms with Crippen LogP contribution in [-0.2, 0) is 21.7 Å². The Balaban J connectivity index is 1.13. The minimum Gasteiger partial charge on any atom is -0.455 e. The van der Waals surface area contributed by atoms with Gasteiger partial charge in [0.25, 0.3) is 6.71 Å². The Kier molecular flexibility index (Phi) is 9.90. The number of hydrogen-bond donors (Lipinski definition) is 0. The Hall–Kier alpha value is -6.78. The highest BCUT2D eigenvalue weighted by atomic mass is 16.3. The van der Waals surface area contributed by atoms with Gasteiger partial charge in [-0.1, -0.05) is 192 Å². The summed E-state index contributed by atoms with van der Waals surface area (Å²) >= 11 is 0. The highest BCUT2D eigenvalue weighted by Crippen LogP contribution is 2.48. The van der Waals surface area contributed by atoms with Crippen LogP contribution in [0.4, 0.5) is 34.1 Å². The first kappa shape index (κ1) is 43.8. The SMILES string of the molecule is CC(C)(C)c1ccc(-c2ccc(N3c4cc(C(C)(C)C)ccc4B4c5cc(C(C)(C)C)ccc5N(c5ccc(-c6cccc7c6oc6ccccc67)cc5)c5cc(C(C)(C)C)cc3c54)cc2)cc1. The van der Waals surface area contributed by atoms with E-state index in [0.29, 0.717) is 0 Å². The first-order chi connectivity index (χ1) is 32.2. The van der Waals surface area contributed by atoms with Gasteiger partial charge in [-0.25, -0.2) is 0 Å². The largest absolute Gasteiger partial charge is 0.455 e. The van der Waals surface area contributed by atoms with Crippen LogP contribution in [0.3, 0.4) is 0 Å². The fourth-order valence-electron chi connectivity index (χ4n) is 10.7. The summed E-state index contributed by atoms with van der Waals surface area (Å²) in [6, 6.07) is 62.0. The lowest BCUT2D eigenvalue weighted by molar-refractivity contribution is 0.589. The van der Waals surface area contributed by atoms with E-state index in [4.69, 9.17) is 4.42 Å². The van der Waals surface area contributed by atoms with Gasteiger partial charge in [-0.05, 0) is 132 Å². The van der Waals surface area contributed by atoms with E-state index in [0.717, 1.165) is 44.4 Å². The Bertz CT molecular complexity index is 3420. The average Bonchev–Trinajstić information content (AvgIpc) is 3.69. The van der Waals surface area contributed by atoms with Crippen molar-refractivity contribution in [2.45, 2.75) is 105 Å². The highest BCUT2D eigenvalue weighted by Gasteiger charge is 2.45. The third-order valence-corrected chi connectivity index (χ3v) is 14.7. The molecular weight excluding hydrogens is 824 g/mol. The lowest BCUT2D eigenvalue weighted by Crippen LogP contribution is -2.61. The van der Waals surface area contributed by atoms with E-state index in [1.807, 2.05) is 6.07 Å². The molecule has 68 heavy (non-hydrogen) atoms. The number of anilines is 6. The zero-order valence-corrected chi connectivity index (χ0v) is 42.0. The van der Waals surface area contributed by atoms with Gasteiger partial charge < -0.3 is 14.2 Å². The maximum atomic E-state index is 6.54. The van der Waals surface area contributed by atoms with Crippen molar-refractivity contribution < 1.29 is 4.42 Å². The minimum atomic E-state index is -0.125. The predicted octanol–water partition coefficient (Wildman–Crippen LogP) is 16.2. The maximum Gasteiger partial charge on any atom is 0.252 e. The number of furan rings is 1. The molecule has 0 saturated heterocycles. The summed E-state index contributed by atoms with van der Waals surface area (Å²) in [4.78, 5) is 5.13. The molecule has 9 aromatic rings. The number of rotatable bonds is 4. The summed E-state index contributed by atoms with van der Waals surface area (Å²) in [5.41, 5.74) is 23.0. The van der Waals surface area contributed by atoms with Crippen LogP contribution in [0.1, 0.15) is 105 Å². The second-order valence-electron chi connectivity index (χ2n) is 23.5. The topological polar surface area (TPSA) is 19.6 Å². The third kappa shape index (κ3) is 7.27. The zero-order valence-electron chi connectivity index (χ0n) is 42.0. The van der Waals surface area contributed by atoms with Crippen molar-refractivity contribution in [3.8, 4) is 22.3 Å². The van der Waals surface area contributed by atoms with E-state index in [-0.39, 0.29) is 28.4 Å². The molecule has 2 aliphatic heterocycles. The van der Waals surface area contributed by atoms with Gasteiger partial charge in [0.15, 0.2) is 0 Å². The molecule has 1 aromatic heterocycles. The molecule has 0 aliphatic carbocycles. The molecule has 0 N–H and O–H groups in total. The molecule has 0 amide bonds. The molecule has 4 heteroatoms. The fraction of sp³-hybridized carbons (Fsp3) is 0.250. The third-order valence-electron chi connectivity index (χ3n) is 14.7. The molecule has 0 radical (unpaired) electrons. The van der Waals surface area contributed by atoms with E-state index < -0.39 is 0 Å². The number of para-hydroxylation sites is 2. The maximum absolute atomic E-state index is 6.54. The highest BCUT2D eigenvalue weighted by molar-refractivity contribution is 7.00. The molecule has 8 aromatic carbocycles. The van der Waals surface area contributed by atoms with E-state index >= 15 is 0 Å². The van der Waals surface area contributed by atoms with Crippen LogP contribution in [0, 0.1) is 0 Å². The van der Waals surface area contributed by atoms with Crippen LogP contribution >= 0.6 is 0 Å². The second-order valence-corrected chi connectivity index (χ2v) is 23.5. The van der Waals surface area contributed by atoms with Gasteiger partial charge in [0.1, 0.15) is 11.2 Å². The summed E-state index contributed by atoms with van der Waals surface area (Å²) in [5.74, 6) is 0. The van der Waals surface area contributed by atoms with Crippen molar-refractivity contribution in [2.75, 3.05) is 9.80 Å². The van der Waals surface area contributed by atoms with Gasteiger partial charge >= 0.3 is 0 Å². The fourth-order valence-corrected chi connectivity index (χ4v) is 10.7. The smallest absolute Gasteiger partial charge is 0.252 e. The molecule has 3 nitrogen and oxygen atoms in total. The average molecular weight is 887 g/mol. The van der Waals surface area contributed by atoms with Crippen molar-refractivity contribution in [3.63, 3.8) is 0 Å². The summed E-state index contributed by atoms with van der Waals surface area (Å²) < 4.78 is 6.54. The van der Waals surface area contributed by atoms with Crippen LogP contribution in [0.5, 0.6) is 0 Å². The van der Waals surface area contributed by atoms with Crippen LogP contribution in [-0.4, -0.2) is 6.71 Å². The minimum absolute atomic E-state index is 0.0217. The number of fused-ring (bicyclic) bond motifs is 7. The molecule has 0 unspecified atom stereocenters. The summed E-state index contributed by atoms with van der Waals surface area (Å²) in [7, 11) is 0. The number of nitrogens with zero attached hydrogens (tertiary/aromatic N) is 2. The van der Waals surface area contributed by atoms with Crippen LogP contribution in [0.2, 0.25) is 0 Å². The van der Waals surface area contributed by atoms with Crippen LogP contribution in [0.15, 0.2) is 168 Å². The van der Waals surface area contributed by atoms with Crippen LogP contribution in [0.25, 0.3) is 44.2 Å². The van der Waals surface area contributed by atoms with Crippen molar-refractivity contribution in [1.29, 1.82) is 0 Å². The van der Waals surface area contributed by atoms with Crippen molar-refractivity contribution in [3.05, 3.63) is 186 Å². The lowest BCUT2D eigenvalue weighted by atomic mass is 9.33. The number of benzene rings is 8. The van der Waals surface area contributed by atoms with Gasteiger partial charge in [-0.3, -0.25) is 0 Å². The standard InChI is InChI=1S/C64H63BN2O/c1-61(2,3)43-26-20-40(21-27-43)41-22-30-48(31-23-41)67-55-37-45(63(7,8)9)28-34-52(55)65-53-36-44(62(4,5)6)29-35-54(53)66(56-38-46(64(10,11)12)39-57(67)59(56)65)47-32-24-42(25-33-47)49-17-15-18-51-50-16-13-14-19-58(50)68-60(49)51/h13-39H,1-12H3. The predicted molar refractivity (Wildman–Crippen MR) is 293 cm³/mol. The van der Waals surface area contributed by atoms with E-state index in [1.165, 1.54) is 72.5 Å². The van der Waals surface area contributed by atoms with Crippen molar-refractivity contribution in [1.82, 2.24) is 0 Å². The molecule has 11 rings (SSSR count). The van der Waals surface area contributed by atoms with E-state index in [9.17, 15) is 0 Å². The zero-order chi connectivity index (χ0) is 47.7. The number of hydrogen-bond acceptors (Lipinski definition) is 3. The first-order valence-corrected chi connectivity index (χ1v) is 24.5. The van der Waals surface area contributed by atoms with Gasteiger partial charge in [-0.2, -0.15) is 0 Å². The normalized spacial score (nSPS) is 13.8. The molecular formula is C64H63BN2O. The Morgan fingerprint density at radius 1 is 0.368 bits per heavy atom. The van der Waals surface area contributed by atoms with E-state index in [2.05, 4.69) is 251 Å². The molecule has 0 saturated carbocycles. The molecule has 0 bridgehead atoms. The Morgan fingerprint density at radius 3 is 1.46 bits per heavy atom. The first-order valence-electron chi connectivity index (χ1n) is 24.5. The van der Waals surface area contributed by atoms with Crippen molar-refractivity contribution in [2.24, 2.45) is 0 Å². The quantitative estimate of drug-likeness (QED) is 0.164. The summed E-state index contributed by atoms with van der Waals surface area (Å²) in [6.45, 7) is 27.9. The van der Waals surface area contributed by atoms with Gasteiger partial charge in [0.05, 0.1) is 0 Å². The molecule has 0 fully saturated rings. The summed E-state index contributed by atoms with van der Waals surface area (Å²) in [5, 5.41) is 2.29. The molecule has 0 atom stereocenters. The summed E-state index contributed by atoms with van der Waals surface area (Å²) in [6.07, 6.45) is 0. The van der Waals surface area contributed by atoms with Crippen molar-refractivity contribution >= 4 is 79.2 Å². The molecule has 338 valence electrons. The molecule has 2 aliphatic rings. The monoisotopic (exact) mass is 887 g/mol.